The van der Waals surface area contributed by atoms with Crippen LogP contribution in [-0.4, -0.2) is 29.3 Å². The van der Waals surface area contributed by atoms with Gasteiger partial charge in [0.25, 0.3) is 0 Å². The Morgan fingerprint density at radius 2 is 2.17 bits per heavy atom. The maximum Gasteiger partial charge on any atom is 0.203 e. The van der Waals surface area contributed by atoms with Crippen LogP contribution in [0.15, 0.2) is 6.20 Å². The van der Waals surface area contributed by atoms with Crippen molar-refractivity contribution in [1.29, 1.82) is 0 Å². The van der Waals surface area contributed by atoms with E-state index in [2.05, 4.69) is 41.8 Å². The SMILES string of the molecule is CCCOCCCNc1nc(C)cn1CC(C)C. The molecule has 0 saturated carbocycles. The summed E-state index contributed by atoms with van der Waals surface area (Å²) in [5.74, 6) is 1.61. The first kappa shape index (κ1) is 15.0. The molecule has 1 heterocycles. The average molecular weight is 253 g/mol. The summed E-state index contributed by atoms with van der Waals surface area (Å²) >= 11 is 0. The second-order valence-corrected chi connectivity index (χ2v) is 5.14. The summed E-state index contributed by atoms with van der Waals surface area (Å²) in [4.78, 5) is 4.51. The Labute approximate surface area is 111 Å². The zero-order valence-corrected chi connectivity index (χ0v) is 12.2. The summed E-state index contributed by atoms with van der Waals surface area (Å²) in [5.41, 5.74) is 1.07. The van der Waals surface area contributed by atoms with Crippen LogP contribution < -0.4 is 5.32 Å². The molecule has 0 aliphatic heterocycles. The number of aryl methyl sites for hydroxylation is 1. The van der Waals surface area contributed by atoms with Crippen molar-refractivity contribution < 1.29 is 4.74 Å². The highest BCUT2D eigenvalue weighted by atomic mass is 16.5. The van der Waals surface area contributed by atoms with E-state index in [0.717, 1.165) is 50.8 Å². The number of nitrogens with zero attached hydrogens (tertiary/aromatic N) is 2. The third kappa shape index (κ3) is 5.54. The van der Waals surface area contributed by atoms with Crippen molar-refractivity contribution in [2.45, 2.75) is 47.1 Å². The van der Waals surface area contributed by atoms with Crippen molar-refractivity contribution in [1.82, 2.24) is 9.55 Å². The molecule has 0 radical (unpaired) electrons. The predicted octanol–water partition coefficient (Wildman–Crippen LogP) is 3.08. The lowest BCUT2D eigenvalue weighted by Crippen LogP contribution is -2.12. The van der Waals surface area contributed by atoms with E-state index in [4.69, 9.17) is 4.74 Å². The molecule has 1 N–H and O–H groups in total. The van der Waals surface area contributed by atoms with Gasteiger partial charge in [-0.2, -0.15) is 0 Å². The quantitative estimate of drug-likeness (QED) is 0.687. The number of rotatable bonds is 9. The van der Waals surface area contributed by atoms with Gasteiger partial charge in [0.05, 0.1) is 5.69 Å². The fraction of sp³-hybridized carbons (Fsp3) is 0.786. The van der Waals surface area contributed by atoms with E-state index in [1.807, 2.05) is 6.92 Å². The zero-order valence-electron chi connectivity index (χ0n) is 12.2. The second-order valence-electron chi connectivity index (χ2n) is 5.14. The Hall–Kier alpha value is -1.03. The van der Waals surface area contributed by atoms with Gasteiger partial charge in [-0.3, -0.25) is 0 Å². The van der Waals surface area contributed by atoms with Gasteiger partial charge in [0.2, 0.25) is 5.95 Å². The molecule has 1 aromatic rings. The van der Waals surface area contributed by atoms with Gasteiger partial charge in [0.1, 0.15) is 0 Å². The van der Waals surface area contributed by atoms with Gasteiger partial charge in [0, 0.05) is 32.5 Å². The van der Waals surface area contributed by atoms with Crippen LogP contribution in [-0.2, 0) is 11.3 Å². The lowest BCUT2D eigenvalue weighted by Gasteiger charge is -2.11. The largest absolute Gasteiger partial charge is 0.381 e. The van der Waals surface area contributed by atoms with Gasteiger partial charge in [-0.1, -0.05) is 20.8 Å². The number of nitrogens with one attached hydrogen (secondary N) is 1. The zero-order chi connectivity index (χ0) is 13.4. The first-order valence-corrected chi connectivity index (χ1v) is 6.98. The molecule has 104 valence electrons. The van der Waals surface area contributed by atoms with Crippen LogP contribution in [0.2, 0.25) is 0 Å². The van der Waals surface area contributed by atoms with Gasteiger partial charge in [-0.15, -0.1) is 0 Å². The number of imidazole rings is 1. The average Bonchev–Trinajstić information content (AvgIpc) is 2.63. The van der Waals surface area contributed by atoms with Gasteiger partial charge >= 0.3 is 0 Å². The third-order valence-corrected chi connectivity index (χ3v) is 2.56. The number of ether oxygens (including phenoxy) is 1. The van der Waals surface area contributed by atoms with Crippen molar-refractivity contribution in [3.8, 4) is 0 Å². The van der Waals surface area contributed by atoms with Gasteiger partial charge in [-0.05, 0) is 25.7 Å². The van der Waals surface area contributed by atoms with E-state index in [1.165, 1.54) is 0 Å². The van der Waals surface area contributed by atoms with Crippen LogP contribution in [0.1, 0.15) is 39.3 Å². The maximum atomic E-state index is 5.45. The van der Waals surface area contributed by atoms with Crippen molar-refractivity contribution >= 4 is 5.95 Å². The molecule has 1 aromatic heterocycles. The Bertz CT molecular complexity index is 334. The third-order valence-electron chi connectivity index (χ3n) is 2.56. The fourth-order valence-electron chi connectivity index (χ4n) is 1.84. The minimum Gasteiger partial charge on any atom is -0.381 e. The van der Waals surface area contributed by atoms with Crippen molar-refractivity contribution in [2.75, 3.05) is 25.1 Å². The molecule has 4 heteroatoms. The van der Waals surface area contributed by atoms with Crippen LogP contribution in [0.3, 0.4) is 0 Å². The summed E-state index contributed by atoms with van der Waals surface area (Å²) in [6.45, 7) is 12.2. The van der Waals surface area contributed by atoms with Crippen LogP contribution >= 0.6 is 0 Å². The smallest absolute Gasteiger partial charge is 0.203 e. The van der Waals surface area contributed by atoms with Crippen LogP contribution in [0, 0.1) is 12.8 Å². The topological polar surface area (TPSA) is 39.1 Å². The molecule has 0 bridgehead atoms. The number of hydrogen-bond donors (Lipinski definition) is 1. The van der Waals surface area contributed by atoms with E-state index in [0.29, 0.717) is 5.92 Å². The number of aromatic nitrogens is 2. The summed E-state index contributed by atoms with van der Waals surface area (Å²) in [6, 6.07) is 0. The van der Waals surface area contributed by atoms with Crippen molar-refractivity contribution in [2.24, 2.45) is 5.92 Å². The Morgan fingerprint density at radius 1 is 1.39 bits per heavy atom. The molecule has 1 rings (SSSR count). The maximum absolute atomic E-state index is 5.45. The molecular formula is C14H27N3O. The fourth-order valence-corrected chi connectivity index (χ4v) is 1.84. The Balaban J connectivity index is 2.32. The second kappa shape index (κ2) is 8.14. The first-order chi connectivity index (χ1) is 8.63. The molecular weight excluding hydrogens is 226 g/mol. The molecule has 0 aliphatic rings. The van der Waals surface area contributed by atoms with Crippen molar-refractivity contribution in [3.63, 3.8) is 0 Å². The molecule has 0 aliphatic carbocycles. The highest BCUT2D eigenvalue weighted by molar-refractivity contribution is 5.28. The molecule has 4 nitrogen and oxygen atoms in total. The van der Waals surface area contributed by atoms with Gasteiger partial charge in [0.15, 0.2) is 0 Å². The molecule has 0 fully saturated rings. The number of hydrogen-bond acceptors (Lipinski definition) is 3. The van der Waals surface area contributed by atoms with E-state index in [1.54, 1.807) is 0 Å². The summed E-state index contributed by atoms with van der Waals surface area (Å²) in [6.07, 6.45) is 4.22. The normalized spacial score (nSPS) is 11.2. The van der Waals surface area contributed by atoms with E-state index in [-0.39, 0.29) is 0 Å². The molecule has 0 saturated heterocycles. The molecule has 0 unspecified atom stereocenters. The highest BCUT2D eigenvalue weighted by Gasteiger charge is 2.06. The van der Waals surface area contributed by atoms with E-state index < -0.39 is 0 Å². The molecule has 0 aromatic carbocycles. The standard InChI is InChI=1S/C14H27N3O/c1-5-8-18-9-6-7-15-14-16-13(4)11-17(14)10-12(2)3/h11-12H,5-10H2,1-4H3,(H,15,16). The van der Waals surface area contributed by atoms with Crippen LogP contribution in [0.4, 0.5) is 5.95 Å². The molecule has 0 atom stereocenters. The van der Waals surface area contributed by atoms with E-state index >= 15 is 0 Å². The Kier molecular flexibility index (Phi) is 6.80. The molecule has 18 heavy (non-hydrogen) atoms. The minimum absolute atomic E-state index is 0.632. The highest BCUT2D eigenvalue weighted by Crippen LogP contribution is 2.11. The Morgan fingerprint density at radius 3 is 2.83 bits per heavy atom. The lowest BCUT2D eigenvalue weighted by atomic mass is 10.2. The minimum atomic E-state index is 0.632. The predicted molar refractivity (Wildman–Crippen MR) is 76.0 cm³/mol. The van der Waals surface area contributed by atoms with Gasteiger partial charge in [-0.25, -0.2) is 4.98 Å². The number of anilines is 1. The van der Waals surface area contributed by atoms with Crippen molar-refractivity contribution in [3.05, 3.63) is 11.9 Å². The summed E-state index contributed by atoms with van der Waals surface area (Å²) < 4.78 is 7.65. The molecule has 0 spiro atoms. The summed E-state index contributed by atoms with van der Waals surface area (Å²) in [7, 11) is 0. The lowest BCUT2D eigenvalue weighted by molar-refractivity contribution is 0.134. The monoisotopic (exact) mass is 253 g/mol. The summed E-state index contributed by atoms with van der Waals surface area (Å²) in [5, 5.41) is 3.39. The molecule has 0 amide bonds. The first-order valence-electron chi connectivity index (χ1n) is 6.98. The van der Waals surface area contributed by atoms with Crippen LogP contribution in [0.25, 0.3) is 0 Å². The van der Waals surface area contributed by atoms with E-state index in [9.17, 15) is 0 Å². The van der Waals surface area contributed by atoms with Crippen LogP contribution in [0.5, 0.6) is 0 Å². The van der Waals surface area contributed by atoms with Gasteiger partial charge < -0.3 is 14.6 Å².